The number of amides is 1. The zero-order valence-corrected chi connectivity index (χ0v) is 13.9. The lowest BCUT2D eigenvalue weighted by atomic mass is 9.91. The van der Waals surface area contributed by atoms with Crippen LogP contribution in [0, 0.1) is 12.8 Å². The fraction of sp³-hybridized carbons (Fsp3) is 0.471. The van der Waals surface area contributed by atoms with Gasteiger partial charge in [0.15, 0.2) is 5.76 Å². The van der Waals surface area contributed by atoms with Gasteiger partial charge in [0.05, 0.1) is 0 Å². The van der Waals surface area contributed by atoms with E-state index in [1.807, 2.05) is 43.0 Å². The zero-order chi connectivity index (χ0) is 15.0. The van der Waals surface area contributed by atoms with E-state index in [-0.39, 0.29) is 24.4 Å². The van der Waals surface area contributed by atoms with Crippen molar-refractivity contribution in [3.05, 3.63) is 35.6 Å². The summed E-state index contributed by atoms with van der Waals surface area (Å²) >= 11 is 0. The van der Waals surface area contributed by atoms with E-state index in [2.05, 4.69) is 0 Å². The van der Waals surface area contributed by atoms with Gasteiger partial charge in [0.2, 0.25) is 0 Å². The predicted molar refractivity (Wildman–Crippen MR) is 90.5 cm³/mol. The molecule has 0 saturated carbocycles. The van der Waals surface area contributed by atoms with E-state index in [0.717, 1.165) is 36.9 Å². The molecule has 2 aromatic rings. The molecule has 1 unspecified atom stereocenters. The maximum atomic E-state index is 12.5. The summed E-state index contributed by atoms with van der Waals surface area (Å²) in [7, 11) is 0. The van der Waals surface area contributed by atoms with Crippen molar-refractivity contribution in [2.45, 2.75) is 32.7 Å². The monoisotopic (exact) mass is 322 g/mol. The van der Waals surface area contributed by atoms with E-state index < -0.39 is 0 Å². The Morgan fingerprint density at radius 3 is 2.64 bits per heavy atom. The lowest BCUT2D eigenvalue weighted by molar-refractivity contribution is 0.0651. The van der Waals surface area contributed by atoms with Gasteiger partial charge in [-0.15, -0.1) is 12.4 Å². The van der Waals surface area contributed by atoms with E-state index >= 15 is 0 Å². The molecule has 1 aromatic carbocycles. The van der Waals surface area contributed by atoms with Crippen molar-refractivity contribution in [1.82, 2.24) is 4.90 Å². The molecule has 1 saturated heterocycles. The van der Waals surface area contributed by atoms with Crippen LogP contribution in [0.15, 0.2) is 28.7 Å². The standard InChI is InChI=1S/C17H22N2O2.ClH/c1-11-3-4-15-14(9-11)10-16(21-15)17(20)19-7-5-13(6-8-19)12(2)18;/h3-4,9-10,12-13H,5-8,18H2,1-2H3;1H. The Kier molecular flexibility index (Phi) is 5.14. The number of likely N-dealkylation sites (tertiary alicyclic amines) is 1. The number of hydrogen-bond acceptors (Lipinski definition) is 3. The number of hydrogen-bond donors (Lipinski definition) is 1. The Balaban J connectivity index is 0.00000176. The van der Waals surface area contributed by atoms with Crippen LogP contribution in [0.25, 0.3) is 11.0 Å². The van der Waals surface area contributed by atoms with Crippen LogP contribution in [0.5, 0.6) is 0 Å². The normalized spacial score (nSPS) is 17.3. The second-order valence-electron chi connectivity index (χ2n) is 6.14. The molecule has 2 N–H and O–H groups in total. The number of carbonyl (C=O) groups is 1. The van der Waals surface area contributed by atoms with E-state index in [1.54, 1.807) is 0 Å². The van der Waals surface area contributed by atoms with Crippen LogP contribution in [-0.4, -0.2) is 29.9 Å². The first-order valence-electron chi connectivity index (χ1n) is 7.59. The highest BCUT2D eigenvalue weighted by Crippen LogP contribution is 2.24. The molecular formula is C17H23ClN2O2. The van der Waals surface area contributed by atoms with Gasteiger partial charge in [-0.2, -0.15) is 0 Å². The quantitative estimate of drug-likeness (QED) is 0.922. The fourth-order valence-electron chi connectivity index (χ4n) is 3.05. The molecule has 1 fully saturated rings. The van der Waals surface area contributed by atoms with Gasteiger partial charge in [0.25, 0.3) is 5.91 Å². The molecule has 0 spiro atoms. The molecule has 0 aliphatic carbocycles. The number of halogens is 1. The number of piperidine rings is 1. The average Bonchev–Trinajstić information content (AvgIpc) is 2.89. The average molecular weight is 323 g/mol. The second-order valence-corrected chi connectivity index (χ2v) is 6.14. The van der Waals surface area contributed by atoms with E-state index in [0.29, 0.717) is 11.7 Å². The number of furan rings is 1. The SMILES string of the molecule is Cc1ccc2oc(C(=O)N3CCC(C(C)N)CC3)cc2c1.Cl. The van der Waals surface area contributed by atoms with Gasteiger partial charge in [0, 0.05) is 24.5 Å². The lowest BCUT2D eigenvalue weighted by Gasteiger charge is -2.33. The minimum atomic E-state index is -0.00743. The third kappa shape index (κ3) is 3.28. The third-order valence-electron chi connectivity index (χ3n) is 4.45. The first-order valence-corrected chi connectivity index (χ1v) is 7.59. The number of nitrogens with two attached hydrogens (primary N) is 1. The van der Waals surface area contributed by atoms with Crippen LogP contribution in [0.2, 0.25) is 0 Å². The van der Waals surface area contributed by atoms with E-state index in [1.165, 1.54) is 5.56 Å². The summed E-state index contributed by atoms with van der Waals surface area (Å²) in [5.74, 6) is 0.953. The molecule has 22 heavy (non-hydrogen) atoms. The van der Waals surface area contributed by atoms with Crippen molar-refractivity contribution in [3.8, 4) is 0 Å². The Labute approximate surface area is 137 Å². The lowest BCUT2D eigenvalue weighted by Crippen LogP contribution is -2.42. The summed E-state index contributed by atoms with van der Waals surface area (Å²) in [6, 6.07) is 8.01. The molecule has 0 radical (unpaired) electrons. The molecular weight excluding hydrogens is 300 g/mol. The van der Waals surface area contributed by atoms with Gasteiger partial charge >= 0.3 is 0 Å². The smallest absolute Gasteiger partial charge is 0.289 e. The van der Waals surface area contributed by atoms with Crippen LogP contribution < -0.4 is 5.73 Å². The number of aryl methyl sites for hydroxylation is 1. The molecule has 120 valence electrons. The third-order valence-corrected chi connectivity index (χ3v) is 4.45. The zero-order valence-electron chi connectivity index (χ0n) is 13.0. The van der Waals surface area contributed by atoms with Crippen LogP contribution in [0.3, 0.4) is 0 Å². The molecule has 1 atom stereocenters. The van der Waals surface area contributed by atoms with E-state index in [9.17, 15) is 4.79 Å². The van der Waals surface area contributed by atoms with Crippen LogP contribution in [0.4, 0.5) is 0 Å². The molecule has 1 amide bonds. The van der Waals surface area contributed by atoms with Gasteiger partial charge in [-0.1, -0.05) is 11.6 Å². The Bertz CT molecular complexity index is 658. The summed E-state index contributed by atoms with van der Waals surface area (Å²) < 4.78 is 5.70. The van der Waals surface area contributed by atoms with Crippen molar-refractivity contribution in [2.24, 2.45) is 11.7 Å². The van der Waals surface area contributed by atoms with E-state index in [4.69, 9.17) is 10.2 Å². The summed E-state index contributed by atoms with van der Waals surface area (Å²) in [5, 5.41) is 0.990. The van der Waals surface area contributed by atoms with Gasteiger partial charge in [-0.25, -0.2) is 0 Å². The molecule has 1 aromatic heterocycles. The van der Waals surface area contributed by atoms with Crippen LogP contribution >= 0.6 is 12.4 Å². The largest absolute Gasteiger partial charge is 0.451 e. The molecule has 2 heterocycles. The van der Waals surface area contributed by atoms with Crippen LogP contribution in [0.1, 0.15) is 35.9 Å². The highest BCUT2D eigenvalue weighted by Gasteiger charge is 2.27. The Morgan fingerprint density at radius 2 is 2.00 bits per heavy atom. The highest BCUT2D eigenvalue weighted by molar-refractivity contribution is 5.96. The number of fused-ring (bicyclic) bond motifs is 1. The van der Waals surface area contributed by atoms with Crippen molar-refractivity contribution in [3.63, 3.8) is 0 Å². The maximum Gasteiger partial charge on any atom is 0.289 e. The van der Waals surface area contributed by atoms with Gasteiger partial charge < -0.3 is 15.1 Å². The summed E-state index contributed by atoms with van der Waals surface area (Å²) in [4.78, 5) is 14.4. The molecule has 5 heteroatoms. The number of rotatable bonds is 2. The second kappa shape index (κ2) is 6.71. The van der Waals surface area contributed by atoms with Crippen molar-refractivity contribution in [1.29, 1.82) is 0 Å². The minimum Gasteiger partial charge on any atom is -0.451 e. The number of nitrogens with zero attached hydrogens (tertiary/aromatic N) is 1. The topological polar surface area (TPSA) is 59.5 Å². The van der Waals surface area contributed by atoms with Crippen LogP contribution in [-0.2, 0) is 0 Å². The van der Waals surface area contributed by atoms with Crippen molar-refractivity contribution < 1.29 is 9.21 Å². The van der Waals surface area contributed by atoms with Gasteiger partial charge in [0.1, 0.15) is 5.58 Å². The summed E-state index contributed by atoms with van der Waals surface area (Å²) in [5.41, 5.74) is 7.88. The molecule has 1 aliphatic rings. The number of benzene rings is 1. The molecule has 0 bridgehead atoms. The predicted octanol–water partition coefficient (Wildman–Crippen LogP) is 3.36. The van der Waals surface area contributed by atoms with Gasteiger partial charge in [-0.3, -0.25) is 4.79 Å². The maximum absolute atomic E-state index is 12.5. The minimum absolute atomic E-state index is 0. The molecule has 3 rings (SSSR count). The molecule has 1 aliphatic heterocycles. The summed E-state index contributed by atoms with van der Waals surface area (Å²) in [6.45, 7) is 5.61. The molecule has 4 nitrogen and oxygen atoms in total. The highest BCUT2D eigenvalue weighted by atomic mass is 35.5. The Morgan fingerprint density at radius 1 is 1.32 bits per heavy atom. The van der Waals surface area contributed by atoms with Crippen molar-refractivity contribution in [2.75, 3.05) is 13.1 Å². The first-order chi connectivity index (χ1) is 10.0. The fourth-order valence-corrected chi connectivity index (χ4v) is 3.05. The Hall–Kier alpha value is -1.52. The van der Waals surface area contributed by atoms with Gasteiger partial charge in [-0.05, 0) is 50.8 Å². The number of carbonyl (C=O) groups excluding carboxylic acids is 1. The summed E-state index contributed by atoms with van der Waals surface area (Å²) in [6.07, 6.45) is 1.95. The van der Waals surface area contributed by atoms with Crippen molar-refractivity contribution >= 4 is 29.3 Å². The first kappa shape index (κ1) is 16.8.